The summed E-state index contributed by atoms with van der Waals surface area (Å²) in [4.78, 5) is 10.6. The van der Waals surface area contributed by atoms with E-state index in [1.165, 1.54) is 12.1 Å². The molecule has 0 radical (unpaired) electrons. The molecule has 0 fully saturated rings. The van der Waals surface area contributed by atoms with Crippen molar-refractivity contribution in [3.05, 3.63) is 63.4 Å². The van der Waals surface area contributed by atoms with Gasteiger partial charge in [0.1, 0.15) is 0 Å². The lowest BCUT2D eigenvalue weighted by Gasteiger charge is -2.09. The molecule has 0 spiro atoms. The highest BCUT2D eigenvalue weighted by atomic mass is 35.5. The van der Waals surface area contributed by atoms with Crippen molar-refractivity contribution in [1.82, 2.24) is 0 Å². The Balaban J connectivity index is 2.01. The predicted molar refractivity (Wildman–Crippen MR) is 81.5 cm³/mol. The minimum Gasteiger partial charge on any atom is -0.481 e. The molecule has 0 atom stereocenters. The second-order valence-electron chi connectivity index (χ2n) is 4.49. The monoisotopic (exact) mass is 327 g/mol. The second kappa shape index (κ2) is 6.78. The molecule has 0 bridgehead atoms. The van der Waals surface area contributed by atoms with Crippen LogP contribution < -0.4 is 5.32 Å². The van der Waals surface area contributed by atoms with Gasteiger partial charge in [0.2, 0.25) is 0 Å². The summed E-state index contributed by atoms with van der Waals surface area (Å²) in [5.41, 5.74) is 2.31. The number of rotatable bonds is 5. The van der Waals surface area contributed by atoms with Crippen LogP contribution in [0.1, 0.15) is 11.1 Å². The molecule has 3 nitrogen and oxygen atoms in total. The predicted octanol–water partition coefficient (Wildman–Crippen LogP) is 4.37. The van der Waals surface area contributed by atoms with E-state index in [0.29, 0.717) is 12.2 Å². The molecule has 2 aromatic carbocycles. The molecule has 0 unspecified atom stereocenters. The number of halogens is 3. The molecule has 0 saturated carbocycles. The Morgan fingerprint density at radius 2 is 1.62 bits per heavy atom. The summed E-state index contributed by atoms with van der Waals surface area (Å²) < 4.78 is 13.3. The zero-order chi connectivity index (χ0) is 15.4. The van der Waals surface area contributed by atoms with Gasteiger partial charge in [-0.1, -0.05) is 47.5 Å². The van der Waals surface area contributed by atoms with Gasteiger partial charge in [-0.2, -0.15) is 0 Å². The van der Waals surface area contributed by atoms with Crippen LogP contribution in [0.4, 0.5) is 10.1 Å². The summed E-state index contributed by atoms with van der Waals surface area (Å²) >= 11 is 11.4. The molecule has 0 aliphatic carbocycles. The van der Waals surface area contributed by atoms with Gasteiger partial charge in [-0.3, -0.25) is 4.79 Å². The van der Waals surface area contributed by atoms with Crippen molar-refractivity contribution in [3.8, 4) is 0 Å². The third kappa shape index (κ3) is 4.34. The Morgan fingerprint density at radius 1 is 1.10 bits per heavy atom. The minimum absolute atomic E-state index is 0.00309. The van der Waals surface area contributed by atoms with Crippen molar-refractivity contribution >= 4 is 34.9 Å². The summed E-state index contributed by atoms with van der Waals surface area (Å²) in [5.74, 6) is -1.50. The molecule has 21 heavy (non-hydrogen) atoms. The van der Waals surface area contributed by atoms with Crippen LogP contribution >= 0.6 is 23.2 Å². The smallest absolute Gasteiger partial charge is 0.307 e. The molecule has 0 heterocycles. The highest BCUT2D eigenvalue weighted by Crippen LogP contribution is 2.27. The summed E-state index contributed by atoms with van der Waals surface area (Å²) in [5, 5.41) is 11.7. The van der Waals surface area contributed by atoms with E-state index in [1.807, 2.05) is 12.1 Å². The normalized spacial score (nSPS) is 10.4. The first kappa shape index (κ1) is 15.6. The Morgan fingerprint density at radius 3 is 2.14 bits per heavy atom. The van der Waals surface area contributed by atoms with Gasteiger partial charge in [0.05, 0.1) is 16.5 Å². The maximum atomic E-state index is 13.3. The lowest BCUT2D eigenvalue weighted by Crippen LogP contribution is -2.02. The van der Waals surface area contributed by atoms with Crippen LogP contribution in [0.5, 0.6) is 0 Å². The van der Waals surface area contributed by atoms with E-state index in [9.17, 15) is 9.18 Å². The van der Waals surface area contributed by atoms with Gasteiger partial charge in [0, 0.05) is 12.2 Å². The number of hydrogen-bond donors (Lipinski definition) is 2. The first-order valence-electron chi connectivity index (χ1n) is 6.13. The van der Waals surface area contributed by atoms with E-state index >= 15 is 0 Å². The average Bonchev–Trinajstić information content (AvgIpc) is 2.43. The van der Waals surface area contributed by atoms with Gasteiger partial charge in [0.15, 0.2) is 5.82 Å². The van der Waals surface area contributed by atoms with Crippen molar-refractivity contribution in [3.63, 3.8) is 0 Å². The van der Waals surface area contributed by atoms with Crippen LogP contribution in [-0.4, -0.2) is 11.1 Å². The van der Waals surface area contributed by atoms with Crippen LogP contribution in [0.2, 0.25) is 10.0 Å². The number of carboxylic acid groups (broad SMARTS) is 1. The molecule has 6 heteroatoms. The third-order valence-corrected chi connectivity index (χ3v) is 3.41. The first-order chi connectivity index (χ1) is 9.95. The lowest BCUT2D eigenvalue weighted by molar-refractivity contribution is -0.136. The van der Waals surface area contributed by atoms with Gasteiger partial charge < -0.3 is 10.4 Å². The molecule has 0 saturated heterocycles. The molecule has 2 aromatic rings. The second-order valence-corrected chi connectivity index (χ2v) is 5.31. The third-order valence-electron chi connectivity index (χ3n) is 2.86. The molecule has 0 aliphatic rings. The molecule has 0 aromatic heterocycles. The average molecular weight is 328 g/mol. The van der Waals surface area contributed by atoms with E-state index in [2.05, 4.69) is 5.32 Å². The maximum absolute atomic E-state index is 13.3. The Hall–Kier alpha value is -1.78. The first-order valence-corrected chi connectivity index (χ1v) is 6.89. The minimum atomic E-state index is -0.864. The number of nitrogens with one attached hydrogen (secondary N) is 1. The summed E-state index contributed by atoms with van der Waals surface area (Å²) in [6, 6.07) is 10.1. The SMILES string of the molecule is O=C(O)Cc1ccc(CNc2cc(Cl)c(F)c(Cl)c2)cc1. The maximum Gasteiger partial charge on any atom is 0.307 e. The van der Waals surface area contributed by atoms with Crippen molar-refractivity contribution in [2.24, 2.45) is 0 Å². The van der Waals surface area contributed by atoms with Gasteiger partial charge in [-0.15, -0.1) is 0 Å². The fraction of sp³-hybridized carbons (Fsp3) is 0.133. The standard InChI is InChI=1S/C15H12Cl2FNO2/c16-12-6-11(7-13(17)15(12)18)19-8-10-3-1-9(2-4-10)5-14(20)21/h1-4,6-7,19H,5,8H2,(H,20,21). The van der Waals surface area contributed by atoms with Crippen LogP contribution in [0.15, 0.2) is 36.4 Å². The van der Waals surface area contributed by atoms with Crippen LogP contribution in [0, 0.1) is 5.82 Å². The molecular formula is C15H12Cl2FNO2. The van der Waals surface area contributed by atoms with E-state index in [1.54, 1.807) is 12.1 Å². The van der Waals surface area contributed by atoms with Crippen LogP contribution in [0.3, 0.4) is 0 Å². The summed E-state index contributed by atoms with van der Waals surface area (Å²) in [6.07, 6.45) is -0.00309. The summed E-state index contributed by atoms with van der Waals surface area (Å²) in [7, 11) is 0. The molecule has 0 amide bonds. The fourth-order valence-electron chi connectivity index (χ4n) is 1.81. The number of aliphatic carboxylic acids is 1. The van der Waals surface area contributed by atoms with E-state index in [4.69, 9.17) is 28.3 Å². The van der Waals surface area contributed by atoms with Crippen molar-refractivity contribution < 1.29 is 14.3 Å². The molecular weight excluding hydrogens is 316 g/mol. The Bertz CT molecular complexity index is 636. The molecule has 0 aliphatic heterocycles. The number of carboxylic acids is 1. The highest BCUT2D eigenvalue weighted by molar-refractivity contribution is 6.35. The largest absolute Gasteiger partial charge is 0.481 e. The Labute approximate surface area is 131 Å². The zero-order valence-electron chi connectivity index (χ0n) is 10.9. The van der Waals surface area contributed by atoms with E-state index < -0.39 is 11.8 Å². The van der Waals surface area contributed by atoms with Gasteiger partial charge in [0.25, 0.3) is 0 Å². The van der Waals surface area contributed by atoms with Crippen LogP contribution in [-0.2, 0) is 17.8 Å². The summed E-state index contributed by atoms with van der Waals surface area (Å²) in [6.45, 7) is 0.492. The number of benzene rings is 2. The molecule has 110 valence electrons. The topological polar surface area (TPSA) is 49.3 Å². The quantitative estimate of drug-likeness (QED) is 0.801. The fourth-order valence-corrected chi connectivity index (χ4v) is 2.30. The van der Waals surface area contributed by atoms with Gasteiger partial charge in [-0.05, 0) is 23.3 Å². The zero-order valence-corrected chi connectivity index (χ0v) is 12.4. The number of hydrogen-bond acceptors (Lipinski definition) is 2. The Kier molecular flexibility index (Phi) is 5.04. The van der Waals surface area contributed by atoms with Crippen LogP contribution in [0.25, 0.3) is 0 Å². The van der Waals surface area contributed by atoms with Gasteiger partial charge >= 0.3 is 5.97 Å². The van der Waals surface area contributed by atoms with E-state index in [0.717, 1.165) is 11.1 Å². The molecule has 2 N–H and O–H groups in total. The lowest BCUT2D eigenvalue weighted by atomic mass is 10.1. The highest BCUT2D eigenvalue weighted by Gasteiger charge is 2.07. The van der Waals surface area contributed by atoms with Gasteiger partial charge in [-0.25, -0.2) is 4.39 Å². The molecule has 2 rings (SSSR count). The van der Waals surface area contributed by atoms with Crippen molar-refractivity contribution in [2.45, 2.75) is 13.0 Å². The van der Waals surface area contributed by atoms with E-state index in [-0.39, 0.29) is 16.5 Å². The number of anilines is 1. The van der Waals surface area contributed by atoms with Crippen molar-refractivity contribution in [2.75, 3.05) is 5.32 Å². The van der Waals surface area contributed by atoms with Crippen molar-refractivity contribution in [1.29, 1.82) is 0 Å². The number of carbonyl (C=O) groups is 1.